The molecule has 0 fully saturated rings. The first-order valence-corrected chi connectivity index (χ1v) is 23.2. The van der Waals surface area contributed by atoms with Crippen LogP contribution in [0.1, 0.15) is 0 Å². The van der Waals surface area contributed by atoms with Gasteiger partial charge in [0.1, 0.15) is 11.2 Å². The molecule has 0 N–H and O–H groups in total. The van der Waals surface area contributed by atoms with Gasteiger partial charge in [-0.3, -0.25) is 0 Å². The van der Waals surface area contributed by atoms with E-state index in [1.54, 1.807) is 0 Å². The van der Waals surface area contributed by atoms with Crippen molar-refractivity contribution in [2.75, 3.05) is 0 Å². The van der Waals surface area contributed by atoms with Gasteiger partial charge in [0.05, 0.1) is 0 Å². The molecular formula is C66H38O. The third-order valence-corrected chi connectivity index (χ3v) is 14.7. The smallest absolute Gasteiger partial charge is 0.136 e. The SMILES string of the molecule is c1ccc2c(c1)ccc1ccc(-c3c4ccccc4c(-c4ccc5cc(-c6ccc7c(c6)c6ccccc6c6cc8c(cc76)oc6ccc7ccccc7c68)ccc5c4)c4ccccc34)cc12. The zero-order chi connectivity index (χ0) is 43.7. The summed E-state index contributed by atoms with van der Waals surface area (Å²) in [4.78, 5) is 0. The van der Waals surface area contributed by atoms with Crippen molar-refractivity contribution in [3.05, 3.63) is 231 Å². The summed E-state index contributed by atoms with van der Waals surface area (Å²) < 4.78 is 6.59. The van der Waals surface area contributed by atoms with Crippen molar-refractivity contribution in [1.29, 1.82) is 0 Å². The van der Waals surface area contributed by atoms with Crippen LogP contribution in [0, 0.1) is 0 Å². The largest absolute Gasteiger partial charge is 0.456 e. The molecule has 0 atom stereocenters. The van der Waals surface area contributed by atoms with Crippen LogP contribution in [0.2, 0.25) is 0 Å². The molecule has 0 radical (unpaired) electrons. The summed E-state index contributed by atoms with van der Waals surface area (Å²) in [6.45, 7) is 0. The Morgan fingerprint density at radius 2 is 0.597 bits per heavy atom. The molecule has 0 aliphatic carbocycles. The lowest BCUT2D eigenvalue weighted by molar-refractivity contribution is 0.670. The van der Waals surface area contributed by atoms with E-state index in [9.17, 15) is 0 Å². The van der Waals surface area contributed by atoms with Gasteiger partial charge in [0.2, 0.25) is 0 Å². The fourth-order valence-electron chi connectivity index (χ4n) is 11.7. The molecule has 14 aromatic carbocycles. The molecule has 0 spiro atoms. The van der Waals surface area contributed by atoms with E-state index in [1.807, 2.05) is 0 Å². The molecule has 0 aliphatic rings. The topological polar surface area (TPSA) is 13.1 Å². The molecule has 308 valence electrons. The second kappa shape index (κ2) is 13.9. The molecule has 0 amide bonds. The van der Waals surface area contributed by atoms with Crippen LogP contribution in [-0.2, 0) is 0 Å². The Kier molecular flexibility index (Phi) is 7.56. The van der Waals surface area contributed by atoms with Gasteiger partial charge in [0, 0.05) is 10.8 Å². The molecule has 15 aromatic rings. The first kappa shape index (κ1) is 36.5. The minimum atomic E-state index is 0.920. The van der Waals surface area contributed by atoms with Crippen LogP contribution in [0.15, 0.2) is 235 Å². The van der Waals surface area contributed by atoms with E-state index in [4.69, 9.17) is 4.42 Å². The minimum Gasteiger partial charge on any atom is -0.456 e. The molecule has 1 heteroatoms. The van der Waals surface area contributed by atoms with Gasteiger partial charge in [-0.1, -0.05) is 188 Å². The van der Waals surface area contributed by atoms with E-state index < -0.39 is 0 Å². The Hall–Kier alpha value is -8.78. The molecule has 0 aliphatic heterocycles. The monoisotopic (exact) mass is 846 g/mol. The van der Waals surface area contributed by atoms with E-state index in [0.717, 1.165) is 16.6 Å². The summed E-state index contributed by atoms with van der Waals surface area (Å²) in [6.07, 6.45) is 0. The molecule has 0 bridgehead atoms. The van der Waals surface area contributed by atoms with Crippen LogP contribution in [0.25, 0.3) is 152 Å². The average Bonchev–Trinajstić information content (AvgIpc) is 3.77. The van der Waals surface area contributed by atoms with Gasteiger partial charge >= 0.3 is 0 Å². The summed E-state index contributed by atoms with van der Waals surface area (Å²) in [5.41, 5.74) is 9.26. The molecule has 1 heterocycles. The van der Waals surface area contributed by atoms with Crippen molar-refractivity contribution in [3.8, 4) is 33.4 Å². The number of fused-ring (bicyclic) bond motifs is 17. The van der Waals surface area contributed by atoms with Gasteiger partial charge in [0.25, 0.3) is 0 Å². The number of hydrogen-bond donors (Lipinski definition) is 0. The third kappa shape index (κ3) is 5.37. The third-order valence-electron chi connectivity index (χ3n) is 14.7. The molecule has 15 rings (SSSR count). The Labute approximate surface area is 385 Å². The molecule has 0 saturated carbocycles. The summed E-state index contributed by atoms with van der Waals surface area (Å²) in [7, 11) is 0. The van der Waals surface area contributed by atoms with Crippen LogP contribution in [0.5, 0.6) is 0 Å². The highest BCUT2D eigenvalue weighted by Gasteiger charge is 2.19. The maximum atomic E-state index is 6.59. The molecule has 0 unspecified atom stereocenters. The van der Waals surface area contributed by atoms with Gasteiger partial charge in [-0.05, 0) is 173 Å². The minimum absolute atomic E-state index is 0.920. The van der Waals surface area contributed by atoms with E-state index in [1.165, 1.54) is 136 Å². The van der Waals surface area contributed by atoms with Gasteiger partial charge in [0.15, 0.2) is 0 Å². The van der Waals surface area contributed by atoms with Gasteiger partial charge in [-0.25, -0.2) is 0 Å². The van der Waals surface area contributed by atoms with Gasteiger partial charge < -0.3 is 4.42 Å². The van der Waals surface area contributed by atoms with E-state index in [2.05, 4.69) is 231 Å². The Morgan fingerprint density at radius 1 is 0.194 bits per heavy atom. The van der Waals surface area contributed by atoms with Crippen LogP contribution in [0.3, 0.4) is 0 Å². The average molecular weight is 847 g/mol. The molecule has 1 nitrogen and oxygen atoms in total. The highest BCUT2D eigenvalue weighted by atomic mass is 16.3. The maximum absolute atomic E-state index is 6.59. The molecule has 1 aromatic heterocycles. The molecular weight excluding hydrogens is 809 g/mol. The second-order valence-electron chi connectivity index (χ2n) is 18.3. The Morgan fingerprint density at radius 3 is 1.27 bits per heavy atom. The first-order valence-electron chi connectivity index (χ1n) is 23.2. The summed E-state index contributed by atoms with van der Waals surface area (Å²) in [5.74, 6) is 0. The summed E-state index contributed by atoms with van der Waals surface area (Å²) >= 11 is 0. The van der Waals surface area contributed by atoms with Crippen molar-refractivity contribution in [2.24, 2.45) is 0 Å². The van der Waals surface area contributed by atoms with Gasteiger partial charge in [-0.15, -0.1) is 0 Å². The number of furan rings is 1. The van der Waals surface area contributed by atoms with Crippen molar-refractivity contribution in [2.45, 2.75) is 0 Å². The molecule has 0 saturated heterocycles. The quantitative estimate of drug-likeness (QED) is 0.128. The molecule has 67 heavy (non-hydrogen) atoms. The maximum Gasteiger partial charge on any atom is 0.136 e. The highest BCUT2D eigenvalue weighted by Crippen LogP contribution is 2.46. The van der Waals surface area contributed by atoms with E-state index >= 15 is 0 Å². The number of hydrogen-bond acceptors (Lipinski definition) is 1. The van der Waals surface area contributed by atoms with Gasteiger partial charge in [-0.2, -0.15) is 0 Å². The van der Waals surface area contributed by atoms with Crippen LogP contribution >= 0.6 is 0 Å². The predicted molar refractivity (Wildman–Crippen MR) is 288 cm³/mol. The standard InChI is InChI=1S/C66H38O/c1-3-13-48-39(11-1)21-22-41-23-27-47(36-57(41)48)65-55-19-9-7-17-53(55)64(54-18-8-10-20-56(54)65)46-28-26-42-33-43(24-25-44(42)34-46)45-29-31-52-58(35-45)50-15-5-6-16-51(50)59-37-61-63(38-60(52)59)67-62-32-30-40-12-2-4-14-49(40)66(61)62/h1-38H. The number of rotatable bonds is 3. The lowest BCUT2D eigenvalue weighted by atomic mass is 9.85. The van der Waals surface area contributed by atoms with Crippen LogP contribution < -0.4 is 0 Å². The lowest BCUT2D eigenvalue weighted by Crippen LogP contribution is -1.91. The van der Waals surface area contributed by atoms with Crippen LogP contribution in [0.4, 0.5) is 0 Å². The Balaban J connectivity index is 0.864. The predicted octanol–water partition coefficient (Wildman–Crippen LogP) is 19.0. The van der Waals surface area contributed by atoms with Crippen molar-refractivity contribution < 1.29 is 4.42 Å². The van der Waals surface area contributed by atoms with Crippen molar-refractivity contribution >= 4 is 119 Å². The first-order chi connectivity index (χ1) is 33.2. The normalized spacial score (nSPS) is 12.2. The summed E-state index contributed by atoms with van der Waals surface area (Å²) in [6, 6.07) is 85.5. The van der Waals surface area contributed by atoms with E-state index in [-0.39, 0.29) is 0 Å². The second-order valence-corrected chi connectivity index (χ2v) is 18.3. The highest BCUT2D eigenvalue weighted by molar-refractivity contribution is 6.30. The Bertz CT molecular complexity index is 4570. The van der Waals surface area contributed by atoms with Crippen molar-refractivity contribution in [1.82, 2.24) is 0 Å². The van der Waals surface area contributed by atoms with E-state index in [0.29, 0.717) is 0 Å². The lowest BCUT2D eigenvalue weighted by Gasteiger charge is -2.18. The summed E-state index contributed by atoms with van der Waals surface area (Å²) in [5, 5.41) is 24.8. The fraction of sp³-hybridized carbons (Fsp3) is 0. The van der Waals surface area contributed by atoms with Crippen LogP contribution in [-0.4, -0.2) is 0 Å². The zero-order valence-corrected chi connectivity index (χ0v) is 36.3. The number of benzene rings is 14. The van der Waals surface area contributed by atoms with Crippen molar-refractivity contribution in [3.63, 3.8) is 0 Å². The fourth-order valence-corrected chi connectivity index (χ4v) is 11.7. The zero-order valence-electron chi connectivity index (χ0n) is 36.3.